The molecule has 3 rings (SSSR count). The van der Waals surface area contributed by atoms with Crippen LogP contribution in [0.3, 0.4) is 0 Å². The van der Waals surface area contributed by atoms with Crippen molar-refractivity contribution in [3.8, 4) is 6.07 Å². The average molecular weight is 353 g/mol. The van der Waals surface area contributed by atoms with Crippen LogP contribution in [0.1, 0.15) is 56.1 Å². The van der Waals surface area contributed by atoms with E-state index in [0.29, 0.717) is 6.54 Å². The lowest BCUT2D eigenvalue weighted by Crippen LogP contribution is -2.67. The Balaban J connectivity index is 1.76. The van der Waals surface area contributed by atoms with E-state index < -0.39 is 6.04 Å². The molecule has 1 fully saturated rings. The number of carbonyl (C=O) groups excluding carboxylic acids is 1. The number of allylic oxidation sites excluding steroid dienone is 2. The van der Waals surface area contributed by atoms with Gasteiger partial charge in [0.15, 0.2) is 0 Å². The van der Waals surface area contributed by atoms with Crippen molar-refractivity contribution in [3.63, 3.8) is 0 Å². The molecule has 1 heterocycles. The van der Waals surface area contributed by atoms with Crippen LogP contribution in [0.15, 0.2) is 30.3 Å². The van der Waals surface area contributed by atoms with E-state index >= 15 is 0 Å². The van der Waals surface area contributed by atoms with E-state index in [1.807, 2.05) is 19.1 Å². The largest absolute Gasteiger partial charge is 0.394 e. The van der Waals surface area contributed by atoms with E-state index in [2.05, 4.69) is 29.6 Å². The Morgan fingerprint density at radius 3 is 2.69 bits per heavy atom. The minimum absolute atomic E-state index is 0.144. The molecule has 0 bridgehead atoms. The van der Waals surface area contributed by atoms with Gasteiger partial charge in [-0.05, 0) is 48.8 Å². The monoisotopic (exact) mass is 353 g/mol. The first kappa shape index (κ1) is 18.5. The van der Waals surface area contributed by atoms with Crippen LogP contribution in [0.5, 0.6) is 0 Å². The molecule has 1 aromatic carbocycles. The van der Waals surface area contributed by atoms with Crippen molar-refractivity contribution < 1.29 is 9.90 Å². The van der Waals surface area contributed by atoms with Crippen molar-refractivity contribution in [2.45, 2.75) is 57.0 Å². The van der Waals surface area contributed by atoms with Gasteiger partial charge in [-0.3, -0.25) is 0 Å². The molecule has 0 saturated carbocycles. The Labute approximate surface area is 155 Å². The SMILES string of the molecule is CCCNC(=O)N1[C@@H](C#N)[C@H](c2ccc(C3=CCCCC3)cc2)[C@@H]1CO. The maximum Gasteiger partial charge on any atom is 0.318 e. The smallest absolute Gasteiger partial charge is 0.318 e. The number of hydrogen-bond donors (Lipinski definition) is 2. The summed E-state index contributed by atoms with van der Waals surface area (Å²) in [6, 6.07) is 9.39. The number of nitrogens with zero attached hydrogens (tertiary/aromatic N) is 2. The lowest BCUT2D eigenvalue weighted by Gasteiger charge is -2.51. The standard InChI is InChI=1S/C21H27N3O2/c1-2-12-23-21(26)24-18(13-22)20(19(24)14-25)17-10-8-16(9-11-17)15-6-4-3-5-7-15/h6,8-11,18-20,25H,2-5,7,12,14H2,1H3,(H,23,26)/t18-,19-,20-/m0/s1. The summed E-state index contributed by atoms with van der Waals surface area (Å²) in [4.78, 5) is 13.8. The fourth-order valence-corrected chi connectivity index (χ4v) is 4.03. The normalized spacial score (nSPS) is 25.0. The highest BCUT2D eigenvalue weighted by molar-refractivity contribution is 5.77. The molecule has 0 radical (unpaired) electrons. The van der Waals surface area contributed by atoms with Crippen LogP contribution < -0.4 is 5.32 Å². The van der Waals surface area contributed by atoms with E-state index in [1.54, 1.807) is 0 Å². The second-order valence-corrected chi connectivity index (χ2v) is 7.09. The number of nitrogens with one attached hydrogen (secondary N) is 1. The van der Waals surface area contributed by atoms with Gasteiger partial charge in [-0.25, -0.2) is 4.79 Å². The molecule has 1 aromatic rings. The van der Waals surface area contributed by atoms with Crippen molar-refractivity contribution in [2.75, 3.05) is 13.2 Å². The molecular formula is C21H27N3O2. The van der Waals surface area contributed by atoms with Gasteiger partial charge in [-0.15, -0.1) is 0 Å². The molecule has 2 amide bonds. The molecule has 3 atom stereocenters. The fraction of sp³-hybridized carbons (Fsp3) is 0.524. The number of aliphatic hydroxyl groups is 1. The zero-order valence-electron chi connectivity index (χ0n) is 15.3. The third-order valence-corrected chi connectivity index (χ3v) is 5.45. The molecule has 5 heteroatoms. The van der Waals surface area contributed by atoms with Crippen LogP contribution >= 0.6 is 0 Å². The molecule has 0 aromatic heterocycles. The second kappa shape index (κ2) is 8.37. The number of nitriles is 1. The highest BCUT2D eigenvalue weighted by Gasteiger charge is 2.51. The first-order valence-electron chi connectivity index (χ1n) is 9.57. The number of aliphatic hydroxyl groups excluding tert-OH is 1. The quantitative estimate of drug-likeness (QED) is 0.851. The van der Waals surface area contributed by atoms with Gasteiger partial charge in [0.1, 0.15) is 6.04 Å². The number of likely N-dealkylation sites (tertiary alicyclic amines) is 1. The van der Waals surface area contributed by atoms with Crippen LogP contribution in [0.25, 0.3) is 5.57 Å². The summed E-state index contributed by atoms with van der Waals surface area (Å²) in [5.41, 5.74) is 3.64. The molecular weight excluding hydrogens is 326 g/mol. The summed E-state index contributed by atoms with van der Waals surface area (Å²) in [5.74, 6) is -0.147. The van der Waals surface area contributed by atoms with Gasteiger partial charge in [0.2, 0.25) is 0 Å². The summed E-state index contributed by atoms with van der Waals surface area (Å²) < 4.78 is 0. The van der Waals surface area contributed by atoms with Crippen LogP contribution in [-0.4, -0.2) is 41.3 Å². The summed E-state index contributed by atoms with van der Waals surface area (Å²) in [6.45, 7) is 2.41. The highest BCUT2D eigenvalue weighted by atomic mass is 16.3. The number of benzene rings is 1. The maximum absolute atomic E-state index is 12.3. The number of urea groups is 1. The Bertz CT molecular complexity index is 705. The predicted molar refractivity (Wildman–Crippen MR) is 101 cm³/mol. The van der Waals surface area contributed by atoms with Crippen LogP contribution in [0, 0.1) is 11.3 Å². The molecule has 138 valence electrons. The van der Waals surface area contributed by atoms with E-state index in [0.717, 1.165) is 24.8 Å². The number of carbonyl (C=O) groups is 1. The van der Waals surface area contributed by atoms with E-state index in [4.69, 9.17) is 0 Å². The molecule has 1 saturated heterocycles. The van der Waals surface area contributed by atoms with E-state index in [1.165, 1.54) is 28.9 Å². The van der Waals surface area contributed by atoms with Gasteiger partial charge < -0.3 is 15.3 Å². The van der Waals surface area contributed by atoms with Gasteiger partial charge in [0, 0.05) is 12.5 Å². The van der Waals surface area contributed by atoms with E-state index in [9.17, 15) is 15.2 Å². The second-order valence-electron chi connectivity index (χ2n) is 7.09. The molecule has 5 nitrogen and oxygen atoms in total. The lowest BCUT2D eigenvalue weighted by molar-refractivity contribution is 0.0169. The van der Waals surface area contributed by atoms with Gasteiger partial charge in [-0.1, -0.05) is 37.3 Å². The van der Waals surface area contributed by atoms with Crippen LogP contribution in [0.2, 0.25) is 0 Å². The lowest BCUT2D eigenvalue weighted by atomic mass is 9.75. The van der Waals surface area contributed by atoms with Gasteiger partial charge >= 0.3 is 6.03 Å². The Hall–Kier alpha value is -2.32. The summed E-state index contributed by atoms with van der Waals surface area (Å²) in [6.07, 6.45) is 7.92. The summed E-state index contributed by atoms with van der Waals surface area (Å²) in [7, 11) is 0. The average Bonchev–Trinajstić information content (AvgIpc) is 2.67. The van der Waals surface area contributed by atoms with Crippen molar-refractivity contribution in [3.05, 3.63) is 41.5 Å². The number of amides is 2. The molecule has 0 unspecified atom stereocenters. The van der Waals surface area contributed by atoms with Crippen LogP contribution in [-0.2, 0) is 0 Å². The number of rotatable bonds is 5. The highest BCUT2D eigenvalue weighted by Crippen LogP contribution is 2.41. The van der Waals surface area contributed by atoms with Gasteiger partial charge in [-0.2, -0.15) is 5.26 Å². The van der Waals surface area contributed by atoms with Gasteiger partial charge in [0.25, 0.3) is 0 Å². The van der Waals surface area contributed by atoms with Crippen molar-refractivity contribution >= 4 is 11.6 Å². The predicted octanol–water partition coefficient (Wildman–Crippen LogP) is 3.42. The first-order valence-corrected chi connectivity index (χ1v) is 9.57. The minimum Gasteiger partial charge on any atom is -0.394 e. The maximum atomic E-state index is 12.3. The van der Waals surface area contributed by atoms with Crippen LogP contribution in [0.4, 0.5) is 4.79 Å². The zero-order valence-corrected chi connectivity index (χ0v) is 15.3. The van der Waals surface area contributed by atoms with Gasteiger partial charge in [0.05, 0.1) is 18.7 Å². The molecule has 2 aliphatic rings. The zero-order chi connectivity index (χ0) is 18.5. The molecule has 1 aliphatic heterocycles. The third kappa shape index (κ3) is 3.47. The minimum atomic E-state index is -0.538. The van der Waals surface area contributed by atoms with Crippen molar-refractivity contribution in [1.82, 2.24) is 10.2 Å². The Kier molecular flexibility index (Phi) is 5.95. The number of hydrogen-bond acceptors (Lipinski definition) is 3. The third-order valence-electron chi connectivity index (χ3n) is 5.45. The fourth-order valence-electron chi connectivity index (χ4n) is 4.03. The first-order chi connectivity index (χ1) is 12.7. The summed E-state index contributed by atoms with van der Waals surface area (Å²) >= 11 is 0. The molecule has 26 heavy (non-hydrogen) atoms. The van der Waals surface area contributed by atoms with Crippen molar-refractivity contribution in [2.24, 2.45) is 0 Å². The Morgan fingerprint density at radius 1 is 1.35 bits per heavy atom. The molecule has 2 N–H and O–H groups in total. The van der Waals surface area contributed by atoms with E-state index in [-0.39, 0.29) is 24.6 Å². The summed E-state index contributed by atoms with van der Waals surface area (Å²) in [5, 5.41) is 22.2. The molecule has 0 spiro atoms. The molecule has 1 aliphatic carbocycles. The van der Waals surface area contributed by atoms with Crippen molar-refractivity contribution in [1.29, 1.82) is 5.26 Å². The topological polar surface area (TPSA) is 76.4 Å². The Morgan fingerprint density at radius 2 is 2.12 bits per heavy atom.